The minimum atomic E-state index is -1.06. The van der Waals surface area contributed by atoms with Gasteiger partial charge >= 0.3 is 0 Å². The fraction of sp³-hybridized carbons (Fsp3) is 0.690. The monoisotopic (exact) mass is 561 g/mol. The van der Waals surface area contributed by atoms with Crippen LogP contribution in [0.25, 0.3) is 0 Å². The molecule has 1 aromatic carbocycles. The van der Waals surface area contributed by atoms with Crippen LogP contribution in [0.5, 0.6) is 5.75 Å². The van der Waals surface area contributed by atoms with Crippen LogP contribution >= 0.6 is 0 Å². The molecule has 5 atom stereocenters. The van der Waals surface area contributed by atoms with E-state index in [2.05, 4.69) is 20.9 Å². The number of carbonyl (C=O) groups excluding carboxylic acids is 3. The Hall–Kier alpha value is -2.79. The first-order valence-corrected chi connectivity index (χ1v) is 14.7. The lowest BCUT2D eigenvalue weighted by molar-refractivity contribution is -0.149. The molecule has 5 unspecified atom stereocenters. The highest BCUT2D eigenvalue weighted by atomic mass is 19.2. The quantitative estimate of drug-likeness (QED) is 0.472. The summed E-state index contributed by atoms with van der Waals surface area (Å²) >= 11 is 0. The van der Waals surface area contributed by atoms with Gasteiger partial charge in [-0.25, -0.2) is 4.39 Å². The smallest absolute Gasteiger partial charge is 0.246 e. The molecule has 5 rings (SSSR count). The summed E-state index contributed by atoms with van der Waals surface area (Å²) in [5.74, 6) is -3.01. The summed E-state index contributed by atoms with van der Waals surface area (Å²) in [5, 5.41) is 8.99. The van der Waals surface area contributed by atoms with Gasteiger partial charge in [0.1, 0.15) is 12.1 Å². The Kier molecular flexibility index (Phi) is 8.89. The Morgan fingerprint density at radius 2 is 1.80 bits per heavy atom. The first-order chi connectivity index (χ1) is 19.3. The molecule has 9 nitrogen and oxygen atoms in total. The van der Waals surface area contributed by atoms with E-state index < -0.39 is 35.8 Å². The third-order valence-electron chi connectivity index (χ3n) is 9.21. The molecule has 1 aromatic rings. The number of likely N-dealkylation sites (N-methyl/N-ethyl adjacent to an activating group) is 1. The summed E-state index contributed by atoms with van der Waals surface area (Å²) < 4.78 is 33.6. The number of piperazine rings is 1. The average molecular weight is 562 g/mol. The lowest BCUT2D eigenvalue weighted by Crippen LogP contribution is -2.66. The molecule has 1 saturated carbocycles. The molecular weight excluding hydrogens is 520 g/mol. The number of fused-ring (bicyclic) bond motifs is 2. The average Bonchev–Trinajstić information content (AvgIpc) is 3.44. The van der Waals surface area contributed by atoms with Crippen LogP contribution in [0, 0.1) is 17.6 Å². The largest absolute Gasteiger partial charge is 0.490 e. The lowest BCUT2D eigenvalue weighted by atomic mass is 9.82. The maximum atomic E-state index is 14.4. The molecule has 40 heavy (non-hydrogen) atoms. The fourth-order valence-corrected chi connectivity index (χ4v) is 6.74. The minimum Gasteiger partial charge on any atom is -0.490 e. The molecule has 3 amide bonds. The standard InChI is InChI=1S/C29H41F2N5O4/c1-17(32-2)27(37)34-25(18-7-4-3-5-8-18)29(39)36-15-19-9-6-13-35(19)16-23(36)28(38)33-22-12-14-40-26-20(22)10-11-21(30)24(26)31/h10-11,17-19,22-23,25,32H,3-9,12-16H2,1-2H3,(H,33,38)(H,34,37). The van der Waals surface area contributed by atoms with Gasteiger partial charge in [-0.3, -0.25) is 19.3 Å². The van der Waals surface area contributed by atoms with E-state index in [-0.39, 0.29) is 42.0 Å². The van der Waals surface area contributed by atoms with Gasteiger partial charge in [-0.2, -0.15) is 4.39 Å². The number of carbonyl (C=O) groups is 3. The van der Waals surface area contributed by atoms with Crippen molar-refractivity contribution >= 4 is 17.7 Å². The maximum absolute atomic E-state index is 14.4. The van der Waals surface area contributed by atoms with Crippen LogP contribution in [0.2, 0.25) is 0 Å². The van der Waals surface area contributed by atoms with Crippen LogP contribution in [0.1, 0.15) is 69.9 Å². The Balaban J connectivity index is 1.40. The number of amides is 3. The van der Waals surface area contributed by atoms with E-state index in [1.54, 1.807) is 18.9 Å². The molecule has 220 valence electrons. The number of benzene rings is 1. The van der Waals surface area contributed by atoms with E-state index in [9.17, 15) is 23.2 Å². The van der Waals surface area contributed by atoms with E-state index in [0.29, 0.717) is 25.1 Å². The van der Waals surface area contributed by atoms with Crippen LogP contribution < -0.4 is 20.7 Å². The molecule has 0 bridgehead atoms. The van der Waals surface area contributed by atoms with E-state index in [0.717, 1.165) is 57.6 Å². The van der Waals surface area contributed by atoms with Gasteiger partial charge in [-0.05, 0) is 58.2 Å². The van der Waals surface area contributed by atoms with Gasteiger partial charge in [0.2, 0.25) is 23.5 Å². The Labute approximate surface area is 234 Å². The molecule has 3 fully saturated rings. The molecular formula is C29H41F2N5O4. The van der Waals surface area contributed by atoms with Crippen molar-refractivity contribution in [2.24, 2.45) is 5.92 Å². The van der Waals surface area contributed by atoms with Gasteiger partial charge in [0.15, 0.2) is 11.6 Å². The number of nitrogens with one attached hydrogen (secondary N) is 3. The maximum Gasteiger partial charge on any atom is 0.246 e. The second-order valence-electron chi connectivity index (χ2n) is 11.7. The minimum absolute atomic E-state index is 0.0137. The first kappa shape index (κ1) is 28.7. The molecule has 3 aliphatic heterocycles. The van der Waals surface area contributed by atoms with Gasteiger partial charge in [-0.15, -0.1) is 0 Å². The van der Waals surface area contributed by atoms with E-state index >= 15 is 0 Å². The molecule has 1 aliphatic carbocycles. The normalized spacial score (nSPS) is 26.7. The van der Waals surface area contributed by atoms with Crippen LogP contribution in [0.15, 0.2) is 12.1 Å². The van der Waals surface area contributed by atoms with Crippen molar-refractivity contribution in [2.45, 2.75) is 88.5 Å². The SMILES string of the molecule is CNC(C)C(=O)NC(C(=O)N1CC2CCCN2CC1C(=O)NC1CCOc2c1ccc(F)c2F)C1CCCCC1. The summed E-state index contributed by atoms with van der Waals surface area (Å²) in [5.41, 5.74) is 0.389. The van der Waals surface area contributed by atoms with Crippen molar-refractivity contribution in [3.63, 3.8) is 0 Å². The Morgan fingerprint density at radius 3 is 2.55 bits per heavy atom. The molecule has 11 heteroatoms. The summed E-state index contributed by atoms with van der Waals surface area (Å²) in [7, 11) is 1.70. The summed E-state index contributed by atoms with van der Waals surface area (Å²) in [6, 6.07) is 0.171. The second kappa shape index (κ2) is 12.4. The van der Waals surface area contributed by atoms with Crippen molar-refractivity contribution in [1.82, 2.24) is 25.8 Å². The summed E-state index contributed by atoms with van der Waals surface area (Å²) in [6.07, 6.45) is 7.19. The second-order valence-corrected chi connectivity index (χ2v) is 11.7. The highest BCUT2D eigenvalue weighted by molar-refractivity contribution is 5.93. The Morgan fingerprint density at radius 1 is 1.02 bits per heavy atom. The van der Waals surface area contributed by atoms with Gasteiger partial charge < -0.3 is 25.6 Å². The van der Waals surface area contributed by atoms with Crippen molar-refractivity contribution in [3.05, 3.63) is 29.3 Å². The lowest BCUT2D eigenvalue weighted by Gasteiger charge is -2.45. The van der Waals surface area contributed by atoms with Crippen molar-refractivity contribution in [1.29, 1.82) is 0 Å². The van der Waals surface area contributed by atoms with E-state index in [1.807, 2.05) is 0 Å². The summed E-state index contributed by atoms with van der Waals surface area (Å²) in [4.78, 5) is 45.1. The van der Waals surface area contributed by atoms with Crippen LogP contribution in [0.4, 0.5) is 8.78 Å². The number of hydrogen-bond donors (Lipinski definition) is 3. The third kappa shape index (κ3) is 5.81. The van der Waals surface area contributed by atoms with Gasteiger partial charge in [0.05, 0.1) is 18.7 Å². The number of hydrogen-bond acceptors (Lipinski definition) is 6. The topological polar surface area (TPSA) is 103 Å². The Bertz CT molecular complexity index is 1110. The van der Waals surface area contributed by atoms with Gasteiger partial charge in [0.25, 0.3) is 0 Å². The molecule has 0 radical (unpaired) electrons. The van der Waals surface area contributed by atoms with Crippen molar-refractivity contribution in [3.8, 4) is 5.75 Å². The molecule has 3 N–H and O–H groups in total. The zero-order chi connectivity index (χ0) is 28.4. The first-order valence-electron chi connectivity index (χ1n) is 14.7. The molecule has 4 aliphatic rings. The van der Waals surface area contributed by atoms with Crippen LogP contribution in [0.3, 0.4) is 0 Å². The zero-order valence-electron chi connectivity index (χ0n) is 23.4. The predicted octanol–water partition coefficient (Wildman–Crippen LogP) is 2.25. The number of rotatable bonds is 7. The fourth-order valence-electron chi connectivity index (χ4n) is 6.74. The molecule has 0 aromatic heterocycles. The molecule has 2 saturated heterocycles. The molecule has 3 heterocycles. The number of halogens is 2. The highest BCUT2D eigenvalue weighted by Crippen LogP contribution is 2.36. The molecule has 0 spiro atoms. The third-order valence-corrected chi connectivity index (χ3v) is 9.21. The van der Waals surface area contributed by atoms with Crippen LogP contribution in [-0.4, -0.2) is 85.0 Å². The van der Waals surface area contributed by atoms with E-state index in [1.165, 1.54) is 6.07 Å². The zero-order valence-corrected chi connectivity index (χ0v) is 23.4. The number of nitrogens with zero attached hydrogens (tertiary/aromatic N) is 2. The predicted molar refractivity (Wildman–Crippen MR) is 144 cm³/mol. The number of ether oxygens (including phenoxy) is 1. The van der Waals surface area contributed by atoms with Crippen molar-refractivity contribution in [2.75, 3.05) is 33.3 Å². The van der Waals surface area contributed by atoms with Gasteiger partial charge in [0, 0.05) is 31.1 Å². The van der Waals surface area contributed by atoms with E-state index in [4.69, 9.17) is 4.74 Å². The van der Waals surface area contributed by atoms with Crippen LogP contribution in [-0.2, 0) is 14.4 Å². The van der Waals surface area contributed by atoms with Gasteiger partial charge in [-0.1, -0.05) is 25.3 Å². The highest BCUT2D eigenvalue weighted by Gasteiger charge is 2.45. The summed E-state index contributed by atoms with van der Waals surface area (Å²) in [6.45, 7) is 3.57. The van der Waals surface area contributed by atoms with Crippen molar-refractivity contribution < 1.29 is 27.9 Å².